The molecule has 1 aliphatic heterocycles. The van der Waals surface area contributed by atoms with E-state index >= 15 is 0 Å². The third-order valence-electron chi connectivity index (χ3n) is 9.70. The summed E-state index contributed by atoms with van der Waals surface area (Å²) in [5.74, 6) is -0.904. The zero-order valence-corrected chi connectivity index (χ0v) is 35.3. The molecular weight excluding hydrogens is 725 g/mol. The lowest BCUT2D eigenvalue weighted by molar-refractivity contribution is -0.305. The molecule has 1 saturated heterocycles. The van der Waals surface area contributed by atoms with Crippen molar-refractivity contribution in [3.63, 3.8) is 0 Å². The molecule has 326 valence electrons. The Morgan fingerprint density at radius 3 is 1.65 bits per heavy atom. The van der Waals surface area contributed by atoms with E-state index < -0.39 is 55.4 Å². The average Bonchev–Trinajstić information content (AvgIpc) is 3.21. The molecule has 1 rings (SSSR count). The number of carbonyl (C=O) groups excluding carboxylic acids is 2. The normalized spacial score (nSPS) is 21.0. The first kappa shape index (κ1) is 52.2. The molecule has 3 unspecified atom stereocenters. The highest BCUT2D eigenvalue weighted by atomic mass is 16.7. The minimum absolute atomic E-state index is 0.130. The van der Waals surface area contributed by atoms with Crippen LogP contribution in [-0.4, -0.2) is 89.0 Å². The van der Waals surface area contributed by atoms with E-state index in [2.05, 4.69) is 32.1 Å². The van der Waals surface area contributed by atoms with E-state index in [-0.39, 0.29) is 26.1 Å². The predicted molar refractivity (Wildman–Crippen MR) is 228 cm³/mol. The Hall–Kier alpha value is -2.86. The number of carbonyl (C=O) groups is 2. The molecule has 6 atom stereocenters. The van der Waals surface area contributed by atoms with Crippen LogP contribution in [0.4, 0.5) is 0 Å². The van der Waals surface area contributed by atoms with Gasteiger partial charge in [-0.2, -0.15) is 0 Å². The number of esters is 2. The molecule has 10 heteroatoms. The summed E-state index contributed by atoms with van der Waals surface area (Å²) < 4.78 is 22.0. The summed E-state index contributed by atoms with van der Waals surface area (Å²) in [6.07, 6.45) is 39.2. The minimum atomic E-state index is -1.61. The molecule has 1 fully saturated rings. The van der Waals surface area contributed by atoms with Crippen molar-refractivity contribution >= 4 is 11.9 Å². The quantitative estimate of drug-likeness (QED) is 0.0211. The molecular formula is C47H78O10. The molecule has 0 aromatic carbocycles. The van der Waals surface area contributed by atoms with Crippen LogP contribution in [0.2, 0.25) is 0 Å². The van der Waals surface area contributed by atoms with Crippen LogP contribution in [0.25, 0.3) is 0 Å². The van der Waals surface area contributed by atoms with Gasteiger partial charge in [-0.05, 0) is 51.4 Å². The van der Waals surface area contributed by atoms with Gasteiger partial charge < -0.3 is 39.4 Å². The monoisotopic (exact) mass is 803 g/mol. The molecule has 0 spiro atoms. The van der Waals surface area contributed by atoms with E-state index in [4.69, 9.17) is 18.9 Å². The summed E-state index contributed by atoms with van der Waals surface area (Å²) in [4.78, 5) is 25.3. The minimum Gasteiger partial charge on any atom is -0.462 e. The Bertz CT molecular complexity index is 1160. The SMILES string of the molecule is CC/C=C/C=C/C=C/C=C/C=C/CCCC(=O)OC(COC(=O)CCCCCCCCC/C=C/CCCCCCCCCC)CO[C@H]1O[C@@H](CO)[C@@H](O)C(O)C1O. The van der Waals surface area contributed by atoms with Gasteiger partial charge in [-0.15, -0.1) is 0 Å². The number of aliphatic hydroxyl groups excluding tert-OH is 4. The van der Waals surface area contributed by atoms with Crippen molar-refractivity contribution in [3.05, 3.63) is 72.9 Å². The second-order valence-corrected chi connectivity index (χ2v) is 14.9. The van der Waals surface area contributed by atoms with Crippen molar-refractivity contribution < 1.29 is 49.0 Å². The van der Waals surface area contributed by atoms with Gasteiger partial charge in [0.1, 0.15) is 31.0 Å². The van der Waals surface area contributed by atoms with Gasteiger partial charge in [0.15, 0.2) is 12.4 Å². The first-order chi connectivity index (χ1) is 27.8. The molecule has 10 nitrogen and oxygen atoms in total. The molecule has 1 aliphatic rings. The number of rotatable bonds is 35. The summed E-state index contributed by atoms with van der Waals surface area (Å²) in [5, 5.41) is 40.0. The standard InChI is InChI=1S/C47H78O10/c1-3-5-7-9-11-13-15-17-18-19-20-21-22-24-25-27-29-31-33-35-42(49)54-38-40(39-55-47-46(53)45(52)44(51)41(37-48)57-47)56-43(50)36-34-32-30-28-26-23-16-14-12-10-8-6-4-2/h6,8,10,12,14,16,19-20,23,26,28,30,40-41,44-48,51-53H,3-5,7,9,11,13,15,17-18,21-22,24-25,27,29,31-39H2,1-2H3/b8-6+,12-10+,16-14+,20-19+,26-23+,30-28+/t40?,41-,44+,45?,46?,47-/m0/s1. The van der Waals surface area contributed by atoms with E-state index in [0.29, 0.717) is 19.3 Å². The van der Waals surface area contributed by atoms with Crippen LogP contribution in [0, 0.1) is 0 Å². The van der Waals surface area contributed by atoms with Gasteiger partial charge in [-0.3, -0.25) is 9.59 Å². The van der Waals surface area contributed by atoms with Gasteiger partial charge in [0, 0.05) is 12.8 Å². The lowest BCUT2D eigenvalue weighted by Crippen LogP contribution is -2.59. The van der Waals surface area contributed by atoms with Crippen molar-refractivity contribution in [2.45, 2.75) is 192 Å². The van der Waals surface area contributed by atoms with Gasteiger partial charge in [0.05, 0.1) is 13.2 Å². The van der Waals surface area contributed by atoms with Crippen molar-refractivity contribution in [2.75, 3.05) is 19.8 Å². The van der Waals surface area contributed by atoms with Gasteiger partial charge in [-0.1, -0.05) is 164 Å². The van der Waals surface area contributed by atoms with Crippen LogP contribution in [0.15, 0.2) is 72.9 Å². The zero-order valence-electron chi connectivity index (χ0n) is 35.3. The van der Waals surface area contributed by atoms with Crippen LogP contribution in [0.3, 0.4) is 0 Å². The summed E-state index contributed by atoms with van der Waals surface area (Å²) in [6, 6.07) is 0. The highest BCUT2D eigenvalue weighted by molar-refractivity contribution is 5.70. The molecule has 0 saturated carbocycles. The number of unbranched alkanes of at least 4 members (excludes halogenated alkanes) is 16. The summed E-state index contributed by atoms with van der Waals surface area (Å²) in [7, 11) is 0. The molecule has 0 aromatic rings. The Morgan fingerprint density at radius 1 is 0.561 bits per heavy atom. The van der Waals surface area contributed by atoms with Crippen LogP contribution >= 0.6 is 0 Å². The Kier molecular flexibility index (Phi) is 34.2. The van der Waals surface area contributed by atoms with Crippen molar-refractivity contribution in [2.24, 2.45) is 0 Å². The Balaban J connectivity index is 2.36. The summed E-state index contributed by atoms with van der Waals surface area (Å²) in [5.41, 5.74) is 0. The maximum Gasteiger partial charge on any atom is 0.306 e. The fraction of sp³-hybridized carbons (Fsp3) is 0.702. The smallest absolute Gasteiger partial charge is 0.306 e. The Labute approximate surface area is 344 Å². The van der Waals surface area contributed by atoms with Crippen LogP contribution in [0.1, 0.15) is 155 Å². The van der Waals surface area contributed by atoms with E-state index in [1.165, 1.54) is 77.0 Å². The van der Waals surface area contributed by atoms with Gasteiger partial charge in [0.2, 0.25) is 0 Å². The lowest BCUT2D eigenvalue weighted by Gasteiger charge is -2.39. The largest absolute Gasteiger partial charge is 0.462 e. The van der Waals surface area contributed by atoms with Crippen LogP contribution < -0.4 is 0 Å². The summed E-state index contributed by atoms with van der Waals surface area (Å²) in [6.45, 7) is 3.18. The maximum absolute atomic E-state index is 12.7. The van der Waals surface area contributed by atoms with E-state index in [1.54, 1.807) is 0 Å². The first-order valence-corrected chi connectivity index (χ1v) is 22.1. The fourth-order valence-corrected chi connectivity index (χ4v) is 6.21. The number of allylic oxidation sites excluding steroid dienone is 12. The number of hydrogen-bond donors (Lipinski definition) is 4. The van der Waals surface area contributed by atoms with Crippen LogP contribution in [-0.2, 0) is 28.5 Å². The second kappa shape index (κ2) is 37.4. The zero-order chi connectivity index (χ0) is 41.6. The maximum atomic E-state index is 12.7. The fourth-order valence-electron chi connectivity index (χ4n) is 6.21. The highest BCUT2D eigenvalue weighted by Crippen LogP contribution is 2.22. The predicted octanol–water partition coefficient (Wildman–Crippen LogP) is 9.22. The molecule has 0 aromatic heterocycles. The van der Waals surface area contributed by atoms with E-state index in [0.717, 1.165) is 32.1 Å². The number of hydrogen-bond acceptors (Lipinski definition) is 10. The molecule has 0 radical (unpaired) electrons. The van der Waals surface area contributed by atoms with Crippen molar-refractivity contribution in [3.8, 4) is 0 Å². The van der Waals surface area contributed by atoms with E-state index in [9.17, 15) is 30.0 Å². The second-order valence-electron chi connectivity index (χ2n) is 14.9. The molecule has 0 amide bonds. The van der Waals surface area contributed by atoms with Gasteiger partial charge >= 0.3 is 11.9 Å². The molecule has 0 bridgehead atoms. The van der Waals surface area contributed by atoms with Crippen molar-refractivity contribution in [1.82, 2.24) is 0 Å². The highest BCUT2D eigenvalue weighted by Gasteiger charge is 2.44. The molecule has 57 heavy (non-hydrogen) atoms. The molecule has 1 heterocycles. The third-order valence-corrected chi connectivity index (χ3v) is 9.70. The number of aliphatic hydroxyl groups is 4. The van der Waals surface area contributed by atoms with Crippen molar-refractivity contribution in [1.29, 1.82) is 0 Å². The topological polar surface area (TPSA) is 152 Å². The lowest BCUT2D eigenvalue weighted by atomic mass is 9.99. The molecule has 4 N–H and O–H groups in total. The van der Waals surface area contributed by atoms with Crippen LogP contribution in [0.5, 0.6) is 0 Å². The van der Waals surface area contributed by atoms with E-state index in [1.807, 2.05) is 54.7 Å². The third kappa shape index (κ3) is 29.1. The van der Waals surface area contributed by atoms with Gasteiger partial charge in [0.25, 0.3) is 0 Å². The Morgan fingerprint density at radius 2 is 1.07 bits per heavy atom. The summed E-state index contributed by atoms with van der Waals surface area (Å²) >= 11 is 0. The number of ether oxygens (including phenoxy) is 4. The first-order valence-electron chi connectivity index (χ1n) is 22.1. The molecule has 0 aliphatic carbocycles. The van der Waals surface area contributed by atoms with Gasteiger partial charge in [-0.25, -0.2) is 0 Å². The average molecular weight is 803 g/mol.